The fourth-order valence-electron chi connectivity index (χ4n) is 3.73. The van der Waals surface area contributed by atoms with E-state index in [9.17, 15) is 19.2 Å². The van der Waals surface area contributed by atoms with Crippen molar-refractivity contribution in [2.75, 3.05) is 11.4 Å². The molecular formula is C27H21ClFN3O2S. The van der Waals surface area contributed by atoms with Crippen LogP contribution in [0.1, 0.15) is 11.1 Å². The minimum absolute atomic E-state index is 0.164. The molecule has 0 aromatic heterocycles. The van der Waals surface area contributed by atoms with Gasteiger partial charge in [-0.1, -0.05) is 71.9 Å². The predicted octanol–water partition coefficient (Wildman–Crippen LogP) is 5.26. The molecule has 2 amide bonds. The Balaban J connectivity index is 1.62. The number of carbonyl (C=O) groups is 2. The summed E-state index contributed by atoms with van der Waals surface area (Å²) in [6.07, 6.45) is 0.919. The third kappa shape index (κ3) is 5.73. The summed E-state index contributed by atoms with van der Waals surface area (Å²) in [7, 11) is 0. The molecule has 0 aliphatic carbocycles. The Morgan fingerprint density at radius 1 is 1.06 bits per heavy atom. The molecule has 4 rings (SSSR count). The minimum Gasteiger partial charge on any atom is -0.351 e. The van der Waals surface area contributed by atoms with Crippen LogP contribution in [0, 0.1) is 17.1 Å². The van der Waals surface area contributed by atoms with Gasteiger partial charge in [0.1, 0.15) is 22.5 Å². The van der Waals surface area contributed by atoms with Gasteiger partial charge in [0, 0.05) is 17.3 Å². The van der Waals surface area contributed by atoms with Crippen LogP contribution in [-0.2, 0) is 22.4 Å². The summed E-state index contributed by atoms with van der Waals surface area (Å²) in [5.41, 5.74) is 2.05. The van der Waals surface area contributed by atoms with Crippen LogP contribution in [0.25, 0.3) is 0 Å². The first-order chi connectivity index (χ1) is 17.0. The van der Waals surface area contributed by atoms with Gasteiger partial charge >= 0.3 is 0 Å². The van der Waals surface area contributed by atoms with Gasteiger partial charge in [0.15, 0.2) is 0 Å². The molecule has 1 aliphatic rings. The topological polar surface area (TPSA) is 73.2 Å². The lowest BCUT2D eigenvalue weighted by Gasteiger charge is -2.18. The zero-order valence-electron chi connectivity index (χ0n) is 18.6. The van der Waals surface area contributed by atoms with E-state index in [0.29, 0.717) is 30.1 Å². The smallest absolute Gasteiger partial charge is 0.264 e. The van der Waals surface area contributed by atoms with Crippen LogP contribution in [-0.4, -0.2) is 23.6 Å². The SMILES string of the molecule is N#C/C(C(=O)NCCc1ccccc1)=C1/SC(Cc2ccccc2Cl)C(=O)N1c1ccc(F)cc1. The number of rotatable bonds is 7. The van der Waals surface area contributed by atoms with Crippen molar-refractivity contribution in [1.82, 2.24) is 5.32 Å². The molecule has 0 bridgehead atoms. The molecule has 1 unspecified atom stereocenters. The number of benzene rings is 3. The number of thioether (sulfide) groups is 1. The van der Waals surface area contributed by atoms with Crippen molar-refractivity contribution in [3.63, 3.8) is 0 Å². The Labute approximate surface area is 212 Å². The Bertz CT molecular complexity index is 1310. The first-order valence-corrected chi connectivity index (χ1v) is 12.2. The number of nitriles is 1. The number of anilines is 1. The van der Waals surface area contributed by atoms with Gasteiger partial charge in [-0.3, -0.25) is 14.5 Å². The highest BCUT2D eigenvalue weighted by atomic mass is 35.5. The summed E-state index contributed by atoms with van der Waals surface area (Å²) >= 11 is 7.44. The second-order valence-corrected chi connectivity index (χ2v) is 9.43. The van der Waals surface area contributed by atoms with E-state index < -0.39 is 17.0 Å². The fraction of sp³-hybridized carbons (Fsp3) is 0.148. The predicted molar refractivity (Wildman–Crippen MR) is 136 cm³/mol. The average Bonchev–Trinajstić information content (AvgIpc) is 3.17. The summed E-state index contributed by atoms with van der Waals surface area (Å²) in [4.78, 5) is 27.8. The second kappa shape index (κ2) is 11.2. The molecule has 1 fully saturated rings. The molecular weight excluding hydrogens is 485 g/mol. The molecule has 0 spiro atoms. The van der Waals surface area contributed by atoms with Crippen molar-refractivity contribution in [2.45, 2.75) is 18.1 Å². The lowest BCUT2D eigenvalue weighted by Crippen LogP contribution is -2.32. The van der Waals surface area contributed by atoms with Crippen molar-refractivity contribution >= 4 is 40.9 Å². The molecule has 1 aliphatic heterocycles. The maximum atomic E-state index is 13.6. The molecule has 8 heteroatoms. The fourth-order valence-corrected chi connectivity index (χ4v) is 5.24. The Morgan fingerprint density at radius 2 is 1.74 bits per heavy atom. The molecule has 1 saturated heterocycles. The van der Waals surface area contributed by atoms with E-state index in [0.717, 1.165) is 22.9 Å². The van der Waals surface area contributed by atoms with Crippen LogP contribution in [0.15, 0.2) is 89.5 Å². The molecule has 35 heavy (non-hydrogen) atoms. The lowest BCUT2D eigenvalue weighted by atomic mass is 10.1. The van der Waals surface area contributed by atoms with Crippen LogP contribution < -0.4 is 10.2 Å². The second-order valence-electron chi connectivity index (χ2n) is 7.84. The van der Waals surface area contributed by atoms with Gasteiger partial charge in [0.2, 0.25) is 5.91 Å². The van der Waals surface area contributed by atoms with E-state index in [-0.39, 0.29) is 16.5 Å². The van der Waals surface area contributed by atoms with E-state index in [1.54, 1.807) is 12.1 Å². The number of nitrogens with one attached hydrogen (secondary N) is 1. The van der Waals surface area contributed by atoms with Crippen LogP contribution in [0.2, 0.25) is 5.02 Å². The van der Waals surface area contributed by atoms with Gasteiger partial charge in [0.25, 0.3) is 5.91 Å². The molecule has 0 radical (unpaired) electrons. The molecule has 5 nitrogen and oxygen atoms in total. The van der Waals surface area contributed by atoms with Gasteiger partial charge in [-0.15, -0.1) is 0 Å². The van der Waals surface area contributed by atoms with Gasteiger partial charge in [-0.25, -0.2) is 4.39 Å². The summed E-state index contributed by atoms with van der Waals surface area (Å²) in [6.45, 7) is 0.333. The van der Waals surface area contributed by atoms with E-state index in [1.165, 1.54) is 29.2 Å². The Morgan fingerprint density at radius 3 is 2.43 bits per heavy atom. The monoisotopic (exact) mass is 505 g/mol. The van der Waals surface area contributed by atoms with Gasteiger partial charge < -0.3 is 5.32 Å². The summed E-state index contributed by atoms with van der Waals surface area (Å²) < 4.78 is 13.6. The van der Waals surface area contributed by atoms with Gasteiger partial charge in [-0.2, -0.15) is 5.26 Å². The number of amides is 2. The number of nitrogens with zero attached hydrogens (tertiary/aromatic N) is 2. The van der Waals surface area contributed by atoms with E-state index >= 15 is 0 Å². The van der Waals surface area contributed by atoms with Crippen molar-refractivity contribution < 1.29 is 14.0 Å². The quantitative estimate of drug-likeness (QED) is 0.351. The van der Waals surface area contributed by atoms with Gasteiger partial charge in [0.05, 0.1) is 5.25 Å². The molecule has 3 aromatic rings. The molecule has 176 valence electrons. The summed E-state index contributed by atoms with van der Waals surface area (Å²) in [5, 5.41) is 12.8. The van der Waals surface area contributed by atoms with Crippen LogP contribution in [0.3, 0.4) is 0 Å². The zero-order chi connectivity index (χ0) is 24.8. The highest BCUT2D eigenvalue weighted by Crippen LogP contribution is 2.42. The number of hydrogen-bond donors (Lipinski definition) is 1. The largest absolute Gasteiger partial charge is 0.351 e. The summed E-state index contributed by atoms with van der Waals surface area (Å²) in [5.74, 6) is -1.32. The first-order valence-electron chi connectivity index (χ1n) is 10.9. The number of hydrogen-bond acceptors (Lipinski definition) is 4. The van der Waals surface area contributed by atoms with Gasteiger partial charge in [-0.05, 0) is 54.3 Å². The van der Waals surface area contributed by atoms with Crippen molar-refractivity contribution in [1.29, 1.82) is 5.26 Å². The third-order valence-electron chi connectivity index (χ3n) is 5.50. The van der Waals surface area contributed by atoms with Crippen molar-refractivity contribution in [2.24, 2.45) is 0 Å². The lowest BCUT2D eigenvalue weighted by molar-refractivity contribution is -0.117. The van der Waals surface area contributed by atoms with E-state index in [1.807, 2.05) is 48.5 Å². The molecule has 1 heterocycles. The Kier molecular flexibility index (Phi) is 7.86. The highest BCUT2D eigenvalue weighted by molar-refractivity contribution is 8.05. The molecule has 3 aromatic carbocycles. The highest BCUT2D eigenvalue weighted by Gasteiger charge is 2.41. The molecule has 1 atom stereocenters. The summed E-state index contributed by atoms with van der Waals surface area (Å²) in [6, 6.07) is 24.2. The maximum Gasteiger partial charge on any atom is 0.264 e. The van der Waals surface area contributed by atoms with Crippen LogP contribution in [0.4, 0.5) is 10.1 Å². The van der Waals surface area contributed by atoms with Crippen LogP contribution in [0.5, 0.6) is 0 Å². The Hall–Kier alpha value is -3.60. The average molecular weight is 506 g/mol. The van der Waals surface area contributed by atoms with Crippen LogP contribution >= 0.6 is 23.4 Å². The van der Waals surface area contributed by atoms with Crippen molar-refractivity contribution in [3.8, 4) is 6.07 Å². The van der Waals surface area contributed by atoms with E-state index in [4.69, 9.17) is 11.6 Å². The minimum atomic E-state index is -0.601. The number of halogens is 2. The standard InChI is InChI=1S/C27H21ClFN3O2S/c28-23-9-5-4-8-19(23)16-24-26(34)32(21-12-10-20(29)11-13-21)27(35-24)22(17-30)25(33)31-15-14-18-6-2-1-3-7-18/h1-13,24H,14-16H2,(H,31,33)/b27-22-. The maximum absolute atomic E-state index is 13.6. The van der Waals surface area contributed by atoms with E-state index in [2.05, 4.69) is 5.32 Å². The number of carbonyl (C=O) groups excluding carboxylic acids is 2. The third-order valence-corrected chi connectivity index (χ3v) is 7.13. The first kappa shape index (κ1) is 24.5. The molecule has 1 N–H and O–H groups in total. The normalized spacial score (nSPS) is 16.7. The zero-order valence-corrected chi connectivity index (χ0v) is 20.2. The van der Waals surface area contributed by atoms with Crippen molar-refractivity contribution in [3.05, 3.63) is 111 Å². The molecule has 0 saturated carbocycles.